The van der Waals surface area contributed by atoms with Crippen LogP contribution in [0.25, 0.3) is 0 Å². The van der Waals surface area contributed by atoms with Crippen LogP contribution in [0.3, 0.4) is 0 Å². The molecule has 0 spiro atoms. The van der Waals surface area contributed by atoms with Crippen molar-refractivity contribution in [1.29, 1.82) is 0 Å². The fraction of sp³-hybridized carbons (Fsp3) is 0.240. The van der Waals surface area contributed by atoms with Gasteiger partial charge in [0.1, 0.15) is 11.5 Å². The standard InChI is InChI=1S/C25H29N5O4/c1-5-33-20-11-7-18(8-12-20)27-24(31)29-22-15-23(17(4)26-16(22)3)30-25(32)28-19-9-13-21(14-10-19)34-6-2/h7-15H,5-6H2,1-4H3,(H2,27,29,31)(H2,28,30,32). The van der Waals surface area contributed by atoms with Crippen molar-refractivity contribution in [3.63, 3.8) is 0 Å². The van der Waals surface area contributed by atoms with Gasteiger partial charge in [-0.25, -0.2) is 9.59 Å². The second-order valence-corrected chi connectivity index (χ2v) is 7.33. The van der Waals surface area contributed by atoms with Crippen molar-refractivity contribution in [2.24, 2.45) is 0 Å². The summed E-state index contributed by atoms with van der Waals surface area (Å²) in [7, 11) is 0. The maximum Gasteiger partial charge on any atom is 0.323 e. The molecule has 4 N–H and O–H groups in total. The molecule has 2 aromatic carbocycles. The quantitative estimate of drug-likeness (QED) is 0.338. The maximum atomic E-state index is 12.5. The van der Waals surface area contributed by atoms with Gasteiger partial charge in [0, 0.05) is 11.4 Å². The summed E-state index contributed by atoms with van der Waals surface area (Å²) in [6, 6.07) is 15.0. The lowest BCUT2D eigenvalue weighted by Gasteiger charge is -2.15. The van der Waals surface area contributed by atoms with Gasteiger partial charge < -0.3 is 30.7 Å². The largest absolute Gasteiger partial charge is 0.494 e. The van der Waals surface area contributed by atoms with Crippen LogP contribution in [0.5, 0.6) is 11.5 Å². The third kappa shape index (κ3) is 6.86. The van der Waals surface area contributed by atoms with E-state index in [2.05, 4.69) is 26.3 Å². The Morgan fingerprint density at radius 2 is 1.06 bits per heavy atom. The summed E-state index contributed by atoms with van der Waals surface area (Å²) < 4.78 is 10.8. The van der Waals surface area contributed by atoms with E-state index in [-0.39, 0.29) is 0 Å². The number of nitrogens with one attached hydrogen (secondary N) is 4. The van der Waals surface area contributed by atoms with E-state index in [4.69, 9.17) is 9.47 Å². The molecule has 0 bridgehead atoms. The van der Waals surface area contributed by atoms with Crippen LogP contribution in [-0.2, 0) is 0 Å². The van der Waals surface area contributed by atoms with E-state index in [1.165, 1.54) is 0 Å². The molecule has 9 heteroatoms. The van der Waals surface area contributed by atoms with Crippen LogP contribution in [0.2, 0.25) is 0 Å². The molecule has 9 nitrogen and oxygen atoms in total. The number of aromatic nitrogens is 1. The lowest BCUT2D eigenvalue weighted by Crippen LogP contribution is -2.22. The van der Waals surface area contributed by atoms with Crippen LogP contribution in [0, 0.1) is 13.8 Å². The van der Waals surface area contributed by atoms with Crippen LogP contribution in [0.15, 0.2) is 54.6 Å². The molecule has 0 fully saturated rings. The SMILES string of the molecule is CCOc1ccc(NC(=O)Nc2cc(NC(=O)Nc3ccc(OCC)cc3)c(C)nc2C)cc1. The van der Waals surface area contributed by atoms with Crippen molar-refractivity contribution in [1.82, 2.24) is 4.98 Å². The summed E-state index contributed by atoms with van der Waals surface area (Å²) in [5, 5.41) is 11.1. The Morgan fingerprint density at radius 1 is 0.676 bits per heavy atom. The van der Waals surface area contributed by atoms with Gasteiger partial charge in [0.15, 0.2) is 0 Å². The van der Waals surface area contributed by atoms with Gasteiger partial charge in [0.25, 0.3) is 0 Å². The molecule has 1 aromatic heterocycles. The molecule has 3 rings (SSSR count). The lowest BCUT2D eigenvalue weighted by molar-refractivity contribution is 0.261. The molecule has 178 valence electrons. The number of amides is 4. The molecular formula is C25H29N5O4. The van der Waals surface area contributed by atoms with Gasteiger partial charge in [-0.15, -0.1) is 0 Å². The monoisotopic (exact) mass is 463 g/mol. The average Bonchev–Trinajstić information content (AvgIpc) is 2.80. The number of nitrogens with zero attached hydrogens (tertiary/aromatic N) is 1. The van der Waals surface area contributed by atoms with Crippen molar-refractivity contribution < 1.29 is 19.1 Å². The number of benzene rings is 2. The van der Waals surface area contributed by atoms with Crippen LogP contribution in [0.4, 0.5) is 32.3 Å². The Kier molecular flexibility index (Phi) is 8.28. The van der Waals surface area contributed by atoms with Gasteiger partial charge in [-0.05, 0) is 82.3 Å². The second-order valence-electron chi connectivity index (χ2n) is 7.33. The molecule has 0 saturated heterocycles. The molecular weight excluding hydrogens is 434 g/mol. The molecule has 4 amide bonds. The van der Waals surface area contributed by atoms with Crippen LogP contribution >= 0.6 is 0 Å². The number of rotatable bonds is 8. The van der Waals surface area contributed by atoms with Gasteiger partial charge in [-0.1, -0.05) is 0 Å². The summed E-state index contributed by atoms with van der Waals surface area (Å²) in [5.41, 5.74) is 3.43. The van der Waals surface area contributed by atoms with Crippen LogP contribution in [-0.4, -0.2) is 30.3 Å². The van der Waals surface area contributed by atoms with Crippen molar-refractivity contribution in [3.8, 4) is 11.5 Å². The van der Waals surface area contributed by atoms with E-state index in [0.29, 0.717) is 47.4 Å². The third-order valence-electron chi connectivity index (χ3n) is 4.75. The van der Waals surface area contributed by atoms with Crippen LogP contribution < -0.4 is 30.7 Å². The first-order valence-corrected chi connectivity index (χ1v) is 11.0. The molecule has 34 heavy (non-hydrogen) atoms. The zero-order valence-corrected chi connectivity index (χ0v) is 19.7. The minimum absolute atomic E-state index is 0.428. The molecule has 3 aromatic rings. The first-order chi connectivity index (χ1) is 16.4. The fourth-order valence-corrected chi connectivity index (χ4v) is 3.15. The highest BCUT2D eigenvalue weighted by atomic mass is 16.5. The fourth-order valence-electron chi connectivity index (χ4n) is 3.15. The summed E-state index contributed by atoms with van der Waals surface area (Å²) in [5.74, 6) is 1.46. The third-order valence-corrected chi connectivity index (χ3v) is 4.75. The van der Waals surface area contributed by atoms with Gasteiger partial charge in [-0.3, -0.25) is 4.98 Å². The van der Waals surface area contributed by atoms with E-state index in [0.717, 1.165) is 11.5 Å². The summed E-state index contributed by atoms with van der Waals surface area (Å²) >= 11 is 0. The summed E-state index contributed by atoms with van der Waals surface area (Å²) in [4.78, 5) is 29.4. The zero-order valence-electron chi connectivity index (χ0n) is 19.7. The molecule has 0 saturated carbocycles. The molecule has 1 heterocycles. The normalized spacial score (nSPS) is 10.2. The number of ether oxygens (including phenoxy) is 2. The van der Waals surface area contributed by atoms with E-state index >= 15 is 0 Å². The van der Waals surface area contributed by atoms with Gasteiger partial charge >= 0.3 is 12.1 Å². The Bertz CT molecular complexity index is 1040. The number of urea groups is 2. The predicted molar refractivity (Wildman–Crippen MR) is 134 cm³/mol. The van der Waals surface area contributed by atoms with E-state index in [9.17, 15) is 9.59 Å². The number of anilines is 4. The van der Waals surface area contributed by atoms with E-state index < -0.39 is 12.1 Å². The van der Waals surface area contributed by atoms with Gasteiger partial charge in [-0.2, -0.15) is 0 Å². The van der Waals surface area contributed by atoms with Crippen LogP contribution in [0.1, 0.15) is 25.2 Å². The zero-order chi connectivity index (χ0) is 24.5. The first-order valence-electron chi connectivity index (χ1n) is 11.0. The molecule has 0 unspecified atom stereocenters. The number of aryl methyl sites for hydroxylation is 2. The highest BCUT2D eigenvalue weighted by Gasteiger charge is 2.12. The average molecular weight is 464 g/mol. The first kappa shape index (κ1) is 24.4. The van der Waals surface area contributed by atoms with Crippen molar-refractivity contribution >= 4 is 34.8 Å². The highest BCUT2D eigenvalue weighted by molar-refractivity contribution is 6.02. The summed E-state index contributed by atoms with van der Waals surface area (Å²) in [6.45, 7) is 8.52. The smallest absolute Gasteiger partial charge is 0.323 e. The lowest BCUT2D eigenvalue weighted by atomic mass is 10.2. The number of carbonyl (C=O) groups is 2. The second kappa shape index (κ2) is 11.6. The molecule has 0 aliphatic carbocycles. The summed E-state index contributed by atoms with van der Waals surface area (Å²) in [6.07, 6.45) is 0. The van der Waals surface area contributed by atoms with Crippen molar-refractivity contribution in [2.75, 3.05) is 34.5 Å². The minimum atomic E-state index is -0.428. The van der Waals surface area contributed by atoms with Gasteiger partial charge in [0.05, 0.1) is 36.0 Å². The van der Waals surface area contributed by atoms with Gasteiger partial charge in [0.2, 0.25) is 0 Å². The Hall–Kier alpha value is -4.27. The number of carbonyl (C=O) groups excluding carboxylic acids is 2. The van der Waals surface area contributed by atoms with E-state index in [1.807, 2.05) is 13.8 Å². The predicted octanol–water partition coefficient (Wildman–Crippen LogP) is 5.78. The highest BCUT2D eigenvalue weighted by Crippen LogP contribution is 2.23. The molecule has 0 aliphatic rings. The van der Waals surface area contributed by atoms with Crippen molar-refractivity contribution in [2.45, 2.75) is 27.7 Å². The Labute approximate surface area is 198 Å². The number of hydrogen-bond acceptors (Lipinski definition) is 5. The maximum absolute atomic E-state index is 12.5. The van der Waals surface area contributed by atoms with Crippen molar-refractivity contribution in [3.05, 3.63) is 66.0 Å². The minimum Gasteiger partial charge on any atom is -0.494 e. The molecule has 0 atom stereocenters. The molecule has 0 aliphatic heterocycles. The Morgan fingerprint density at radius 3 is 1.41 bits per heavy atom. The Balaban J connectivity index is 1.63. The van der Waals surface area contributed by atoms with E-state index in [1.54, 1.807) is 68.4 Å². The number of hydrogen-bond donors (Lipinski definition) is 4. The molecule has 0 radical (unpaired) electrons. The number of pyridine rings is 1. The topological polar surface area (TPSA) is 114 Å².